The van der Waals surface area contributed by atoms with Crippen LogP contribution in [0.3, 0.4) is 0 Å². The summed E-state index contributed by atoms with van der Waals surface area (Å²) >= 11 is 0. The number of carbonyl (C=O) groups is 3. The fraction of sp³-hybridized carbons (Fsp3) is 0.857. The van der Waals surface area contributed by atoms with Gasteiger partial charge in [0.05, 0.1) is 19.6 Å². The summed E-state index contributed by atoms with van der Waals surface area (Å²) in [4.78, 5) is 92.6. The molecule has 3 unspecified atom stereocenters. The maximum Gasteiger partial charge on any atom is 0.407 e. The van der Waals surface area contributed by atoms with Crippen LogP contribution in [0.4, 0.5) is 4.79 Å². The molecule has 0 heterocycles. The van der Waals surface area contributed by atoms with Crippen LogP contribution in [-0.2, 0) is 43.2 Å². The number of amides is 1. The third kappa shape index (κ3) is 24.8. The number of alkyl carbamates (subject to hydrolysis) is 1. The van der Waals surface area contributed by atoms with Crippen molar-refractivity contribution in [2.24, 2.45) is 0 Å². The van der Waals surface area contributed by atoms with E-state index in [9.17, 15) is 54.8 Å². The van der Waals surface area contributed by atoms with E-state index < -0.39 is 63.9 Å². The standard InChI is InChI=1S/C21H35N5O18/c27-16-40-17(13-20(28)38-11-5-2-8-18(43-25(34)35)14-41-23(30)31)7-1-4-10-22-21(29)39-12-6-3-9-19(44-26(36)37)15-42-24(32)33/h16-19H,1-15H2,(H,22,29). The van der Waals surface area contributed by atoms with Crippen molar-refractivity contribution < 1.29 is 68.3 Å². The number of nitrogens with zero attached hydrogens (tertiary/aromatic N) is 4. The molecule has 0 rings (SSSR count). The van der Waals surface area contributed by atoms with Crippen molar-refractivity contribution in [1.82, 2.24) is 5.32 Å². The Balaban J connectivity index is 4.09. The van der Waals surface area contributed by atoms with Gasteiger partial charge in [-0.2, -0.15) is 0 Å². The lowest BCUT2D eigenvalue weighted by Gasteiger charge is -2.15. The molecule has 0 fully saturated rings. The van der Waals surface area contributed by atoms with Crippen LogP contribution >= 0.6 is 0 Å². The van der Waals surface area contributed by atoms with Crippen LogP contribution < -0.4 is 5.32 Å². The Morgan fingerprint density at radius 3 is 1.61 bits per heavy atom. The van der Waals surface area contributed by atoms with Crippen LogP contribution in [-0.4, -0.2) is 90.2 Å². The molecule has 0 aliphatic rings. The van der Waals surface area contributed by atoms with Gasteiger partial charge in [0.15, 0.2) is 0 Å². The molecule has 1 amide bonds. The van der Waals surface area contributed by atoms with E-state index >= 15 is 0 Å². The molecule has 3 atom stereocenters. The molecule has 1 N–H and O–H groups in total. The van der Waals surface area contributed by atoms with Crippen molar-refractivity contribution in [3.05, 3.63) is 40.5 Å². The molecule has 0 radical (unpaired) electrons. The van der Waals surface area contributed by atoms with E-state index in [-0.39, 0.29) is 64.8 Å². The number of hydrogen-bond donors (Lipinski definition) is 1. The van der Waals surface area contributed by atoms with Crippen molar-refractivity contribution in [1.29, 1.82) is 0 Å². The van der Waals surface area contributed by atoms with E-state index in [2.05, 4.69) is 24.7 Å². The average Bonchev–Trinajstić information content (AvgIpc) is 2.93. The molecule has 0 aromatic heterocycles. The van der Waals surface area contributed by atoms with E-state index in [0.29, 0.717) is 25.7 Å². The molecule has 0 aliphatic carbocycles. The molecule has 0 bridgehead atoms. The first-order valence-electron chi connectivity index (χ1n) is 13.2. The monoisotopic (exact) mass is 645 g/mol. The van der Waals surface area contributed by atoms with Crippen LogP contribution in [0.25, 0.3) is 0 Å². The quantitative estimate of drug-likeness (QED) is 0.0299. The summed E-state index contributed by atoms with van der Waals surface area (Å²) in [5.41, 5.74) is 0. The second kappa shape index (κ2) is 24.6. The van der Waals surface area contributed by atoms with Gasteiger partial charge in [-0.3, -0.25) is 9.59 Å². The lowest BCUT2D eigenvalue weighted by molar-refractivity contribution is -0.790. The molecule has 44 heavy (non-hydrogen) atoms. The number of ether oxygens (including phenoxy) is 3. The Kier molecular flexibility index (Phi) is 21.8. The van der Waals surface area contributed by atoms with Gasteiger partial charge in [-0.25, -0.2) is 4.79 Å². The summed E-state index contributed by atoms with van der Waals surface area (Å²) in [5.74, 6) is -0.657. The lowest BCUT2D eigenvalue weighted by Crippen LogP contribution is -2.26. The maximum atomic E-state index is 12.0. The molecular formula is C21H35N5O18. The minimum atomic E-state index is -1.16. The van der Waals surface area contributed by atoms with Gasteiger partial charge in [0, 0.05) is 6.54 Å². The predicted octanol–water partition coefficient (Wildman–Crippen LogP) is 1.27. The SMILES string of the molecule is O=COC(CCCCNC(=O)OCCCCC(CO[N+](=O)[O-])O[N+](=O)[O-])CC(=O)OCCCCC(CO[N+](=O)[O-])O[N+](=O)[O-]. The van der Waals surface area contributed by atoms with Gasteiger partial charge in [0.25, 0.3) is 26.8 Å². The van der Waals surface area contributed by atoms with Crippen molar-refractivity contribution in [3.8, 4) is 0 Å². The van der Waals surface area contributed by atoms with Crippen LogP contribution in [0.5, 0.6) is 0 Å². The van der Waals surface area contributed by atoms with E-state index in [1.807, 2.05) is 0 Å². The summed E-state index contributed by atoms with van der Waals surface area (Å²) in [6.07, 6.45) is -1.59. The van der Waals surface area contributed by atoms with Crippen molar-refractivity contribution >= 4 is 18.5 Å². The van der Waals surface area contributed by atoms with Gasteiger partial charge in [-0.1, -0.05) is 0 Å². The summed E-state index contributed by atoms with van der Waals surface area (Å²) in [6.45, 7) is -0.918. The van der Waals surface area contributed by atoms with Gasteiger partial charge < -0.3 is 38.9 Å². The molecule has 23 nitrogen and oxygen atoms in total. The summed E-state index contributed by atoms with van der Waals surface area (Å²) in [5, 5.41) is 39.5. The minimum absolute atomic E-state index is 0.0201. The molecule has 0 spiro atoms. The average molecular weight is 646 g/mol. The highest BCUT2D eigenvalue weighted by Crippen LogP contribution is 2.11. The number of esters is 1. The molecule has 0 aliphatic heterocycles. The summed E-state index contributed by atoms with van der Waals surface area (Å²) in [6, 6.07) is 0. The van der Waals surface area contributed by atoms with Crippen LogP contribution in [0, 0.1) is 40.5 Å². The lowest BCUT2D eigenvalue weighted by atomic mass is 10.1. The van der Waals surface area contributed by atoms with Crippen LogP contribution in [0.1, 0.15) is 64.2 Å². The second-order valence-corrected chi connectivity index (χ2v) is 8.77. The number of rotatable bonds is 29. The molecule has 0 saturated carbocycles. The van der Waals surface area contributed by atoms with Crippen LogP contribution in [0.2, 0.25) is 0 Å². The number of nitrogens with one attached hydrogen (secondary N) is 1. The first-order chi connectivity index (χ1) is 20.9. The highest BCUT2D eigenvalue weighted by Gasteiger charge is 2.18. The highest BCUT2D eigenvalue weighted by molar-refractivity contribution is 5.70. The zero-order valence-electron chi connectivity index (χ0n) is 23.6. The Morgan fingerprint density at radius 2 is 1.14 bits per heavy atom. The fourth-order valence-corrected chi connectivity index (χ4v) is 3.44. The van der Waals surface area contributed by atoms with Gasteiger partial charge in [-0.15, -0.1) is 40.5 Å². The Hall–Kier alpha value is -4.99. The van der Waals surface area contributed by atoms with Crippen molar-refractivity contribution in [2.75, 3.05) is 33.0 Å². The number of unbranched alkanes of at least 4 members (excludes halogenated alkanes) is 3. The Labute approximate surface area is 248 Å². The largest absolute Gasteiger partial charge is 0.466 e. The predicted molar refractivity (Wildman–Crippen MR) is 137 cm³/mol. The Bertz CT molecular complexity index is 909. The summed E-state index contributed by atoms with van der Waals surface area (Å²) in [7, 11) is 0. The van der Waals surface area contributed by atoms with Crippen molar-refractivity contribution in [2.45, 2.75) is 82.5 Å². The topological polar surface area (TPSA) is 300 Å². The molecule has 0 aromatic rings. The van der Waals surface area contributed by atoms with Gasteiger partial charge in [0.1, 0.15) is 31.5 Å². The van der Waals surface area contributed by atoms with Gasteiger partial charge in [-0.05, 0) is 57.8 Å². The van der Waals surface area contributed by atoms with Crippen molar-refractivity contribution in [3.63, 3.8) is 0 Å². The maximum absolute atomic E-state index is 12.0. The molecule has 0 aromatic carbocycles. The van der Waals surface area contributed by atoms with E-state index in [1.165, 1.54) is 0 Å². The van der Waals surface area contributed by atoms with E-state index in [0.717, 1.165) is 0 Å². The molecule has 23 heteroatoms. The van der Waals surface area contributed by atoms with E-state index in [1.54, 1.807) is 0 Å². The van der Waals surface area contributed by atoms with Gasteiger partial charge in [0.2, 0.25) is 0 Å². The molecule has 0 saturated heterocycles. The minimum Gasteiger partial charge on any atom is -0.466 e. The molecular weight excluding hydrogens is 610 g/mol. The van der Waals surface area contributed by atoms with Gasteiger partial charge >= 0.3 is 12.1 Å². The number of hydrogen-bond acceptors (Lipinski definition) is 18. The number of carbonyl (C=O) groups excluding carboxylic acids is 3. The normalized spacial score (nSPS) is 12.4. The first kappa shape index (κ1) is 39.0. The first-order valence-corrected chi connectivity index (χ1v) is 13.2. The zero-order chi connectivity index (χ0) is 33.2. The van der Waals surface area contributed by atoms with E-state index in [4.69, 9.17) is 14.2 Å². The van der Waals surface area contributed by atoms with Crippen LogP contribution in [0.15, 0.2) is 0 Å². The highest BCUT2D eigenvalue weighted by atomic mass is 17.0. The fourth-order valence-electron chi connectivity index (χ4n) is 3.44. The third-order valence-corrected chi connectivity index (χ3v) is 5.40. The third-order valence-electron chi connectivity index (χ3n) is 5.40. The molecule has 252 valence electrons. The summed E-state index contributed by atoms with van der Waals surface area (Å²) < 4.78 is 14.9. The zero-order valence-corrected chi connectivity index (χ0v) is 23.6. The Morgan fingerprint density at radius 1 is 0.659 bits per heavy atom. The second-order valence-electron chi connectivity index (χ2n) is 8.77. The smallest absolute Gasteiger partial charge is 0.407 e.